The molecule has 0 amide bonds. The molecule has 8 heteroatoms. The van der Waals surface area contributed by atoms with Crippen molar-refractivity contribution >= 4 is 33.6 Å². The van der Waals surface area contributed by atoms with Crippen LogP contribution in [-0.2, 0) is 6.18 Å². The van der Waals surface area contributed by atoms with Crippen LogP contribution >= 0.6 is 11.3 Å². The molecular weight excluding hydrogens is 279 g/mol. The average molecular weight is 285 g/mol. The van der Waals surface area contributed by atoms with Crippen LogP contribution < -0.4 is 5.32 Å². The van der Waals surface area contributed by atoms with Crippen molar-refractivity contribution in [2.75, 3.05) is 5.32 Å². The van der Waals surface area contributed by atoms with Gasteiger partial charge in [-0.25, -0.2) is 4.98 Å². The van der Waals surface area contributed by atoms with Gasteiger partial charge in [0.2, 0.25) is 0 Å². The molecule has 0 aliphatic rings. The summed E-state index contributed by atoms with van der Waals surface area (Å²) < 4.78 is 42.9. The van der Waals surface area contributed by atoms with Gasteiger partial charge in [0.05, 0.1) is 5.56 Å². The number of fused-ring (bicyclic) bond motifs is 1. The SMILES string of the molecule is FC(F)(F)c1ccc2oc(Nc3nccs3)nc2c1. The Bertz CT molecular complexity index is 706. The summed E-state index contributed by atoms with van der Waals surface area (Å²) >= 11 is 1.33. The third-order valence-electron chi connectivity index (χ3n) is 2.36. The number of anilines is 2. The summed E-state index contributed by atoms with van der Waals surface area (Å²) in [5.41, 5.74) is -0.324. The molecule has 3 aromatic rings. The molecule has 0 aliphatic heterocycles. The van der Waals surface area contributed by atoms with Crippen LogP contribution in [0.3, 0.4) is 0 Å². The molecule has 2 heterocycles. The lowest BCUT2D eigenvalue weighted by molar-refractivity contribution is -0.137. The minimum absolute atomic E-state index is 0.115. The number of rotatable bonds is 2. The first-order valence-corrected chi connectivity index (χ1v) is 6.05. The van der Waals surface area contributed by atoms with E-state index in [1.165, 1.54) is 17.4 Å². The maximum atomic E-state index is 12.5. The molecule has 0 fully saturated rings. The van der Waals surface area contributed by atoms with Crippen LogP contribution in [0, 0.1) is 0 Å². The van der Waals surface area contributed by atoms with Crippen LogP contribution in [0.25, 0.3) is 11.1 Å². The van der Waals surface area contributed by atoms with E-state index >= 15 is 0 Å². The van der Waals surface area contributed by atoms with Gasteiger partial charge in [-0.2, -0.15) is 18.2 Å². The van der Waals surface area contributed by atoms with Crippen molar-refractivity contribution in [3.63, 3.8) is 0 Å². The number of aromatic nitrogens is 2. The second kappa shape index (κ2) is 4.23. The van der Waals surface area contributed by atoms with E-state index in [0.29, 0.717) is 5.13 Å². The summed E-state index contributed by atoms with van der Waals surface area (Å²) in [4.78, 5) is 7.92. The van der Waals surface area contributed by atoms with E-state index in [9.17, 15) is 13.2 Å². The number of halogens is 3. The molecule has 0 spiro atoms. The molecule has 2 aromatic heterocycles. The third-order valence-corrected chi connectivity index (χ3v) is 3.05. The van der Waals surface area contributed by atoms with Gasteiger partial charge in [-0.05, 0) is 18.2 Å². The van der Waals surface area contributed by atoms with E-state index in [-0.39, 0.29) is 17.1 Å². The van der Waals surface area contributed by atoms with Gasteiger partial charge >= 0.3 is 12.2 Å². The normalized spacial score (nSPS) is 11.9. The molecule has 4 nitrogen and oxygen atoms in total. The van der Waals surface area contributed by atoms with Crippen molar-refractivity contribution in [2.24, 2.45) is 0 Å². The van der Waals surface area contributed by atoms with E-state index in [1.807, 2.05) is 0 Å². The molecule has 0 bridgehead atoms. The molecule has 0 aliphatic carbocycles. The van der Waals surface area contributed by atoms with E-state index in [2.05, 4.69) is 15.3 Å². The fourth-order valence-corrected chi connectivity index (χ4v) is 2.05. The first kappa shape index (κ1) is 12.0. The summed E-state index contributed by atoms with van der Waals surface area (Å²) in [7, 11) is 0. The van der Waals surface area contributed by atoms with E-state index < -0.39 is 11.7 Å². The van der Waals surface area contributed by atoms with Crippen molar-refractivity contribution in [1.82, 2.24) is 9.97 Å². The largest absolute Gasteiger partial charge is 0.423 e. The zero-order valence-electron chi connectivity index (χ0n) is 9.23. The van der Waals surface area contributed by atoms with Gasteiger partial charge in [0.15, 0.2) is 10.7 Å². The predicted octanol–water partition coefficient (Wildman–Crippen LogP) is 4.05. The summed E-state index contributed by atoms with van der Waals surface area (Å²) in [5, 5.41) is 5.09. The van der Waals surface area contributed by atoms with Gasteiger partial charge in [-0.3, -0.25) is 5.32 Å². The molecule has 98 valence electrons. The number of thiazole rings is 1. The summed E-state index contributed by atoms with van der Waals surface area (Å²) in [5.74, 6) is 0. The topological polar surface area (TPSA) is 51.0 Å². The molecule has 1 aromatic carbocycles. The Morgan fingerprint density at radius 3 is 2.79 bits per heavy atom. The smallest absolute Gasteiger partial charge is 0.416 e. The summed E-state index contributed by atoms with van der Waals surface area (Å²) in [6.07, 6.45) is -2.80. The van der Waals surface area contributed by atoms with Crippen LogP contribution in [0.2, 0.25) is 0 Å². The Balaban J connectivity index is 1.97. The van der Waals surface area contributed by atoms with Crippen molar-refractivity contribution < 1.29 is 17.6 Å². The number of alkyl halides is 3. The highest BCUT2D eigenvalue weighted by Crippen LogP contribution is 2.32. The number of hydrogen-bond acceptors (Lipinski definition) is 5. The standard InChI is InChI=1S/C11H6F3N3OS/c12-11(13,14)6-1-2-8-7(5-6)16-9(18-8)17-10-15-3-4-19-10/h1-5H,(H,15,16,17). The van der Waals surface area contributed by atoms with Crippen molar-refractivity contribution in [2.45, 2.75) is 6.18 Å². The lowest BCUT2D eigenvalue weighted by Crippen LogP contribution is -2.03. The second-order valence-corrected chi connectivity index (χ2v) is 4.56. The molecule has 0 unspecified atom stereocenters. The number of nitrogens with zero attached hydrogens (tertiary/aromatic N) is 2. The molecule has 19 heavy (non-hydrogen) atoms. The Labute approximate surface area is 108 Å². The molecule has 1 N–H and O–H groups in total. The monoisotopic (exact) mass is 285 g/mol. The average Bonchev–Trinajstić information content (AvgIpc) is 2.95. The van der Waals surface area contributed by atoms with Gasteiger partial charge in [0, 0.05) is 11.6 Å². The van der Waals surface area contributed by atoms with Crippen LogP contribution in [0.1, 0.15) is 5.56 Å². The Kier molecular flexibility index (Phi) is 2.67. The summed E-state index contributed by atoms with van der Waals surface area (Å²) in [6, 6.07) is 3.27. The highest BCUT2D eigenvalue weighted by molar-refractivity contribution is 7.13. The highest BCUT2D eigenvalue weighted by atomic mass is 32.1. The molecule has 0 saturated heterocycles. The lowest BCUT2D eigenvalue weighted by atomic mass is 10.2. The van der Waals surface area contributed by atoms with Crippen LogP contribution in [0.4, 0.5) is 24.3 Å². The quantitative estimate of drug-likeness (QED) is 0.771. The summed E-state index contributed by atoms with van der Waals surface area (Å²) in [6.45, 7) is 0. The van der Waals surface area contributed by atoms with Gasteiger partial charge in [-0.1, -0.05) is 0 Å². The zero-order chi connectivity index (χ0) is 13.5. The number of hydrogen-bond donors (Lipinski definition) is 1. The van der Waals surface area contributed by atoms with Gasteiger partial charge in [0.1, 0.15) is 5.52 Å². The van der Waals surface area contributed by atoms with Crippen molar-refractivity contribution in [1.29, 1.82) is 0 Å². The first-order chi connectivity index (χ1) is 9.02. The molecule has 3 rings (SSSR count). The van der Waals surface area contributed by atoms with Crippen LogP contribution in [0.5, 0.6) is 0 Å². The van der Waals surface area contributed by atoms with Gasteiger partial charge in [0.25, 0.3) is 0 Å². The maximum absolute atomic E-state index is 12.5. The molecule has 0 atom stereocenters. The number of oxazole rings is 1. The number of nitrogens with one attached hydrogen (secondary N) is 1. The zero-order valence-corrected chi connectivity index (χ0v) is 10.0. The highest BCUT2D eigenvalue weighted by Gasteiger charge is 2.31. The minimum Gasteiger partial charge on any atom is -0.423 e. The van der Waals surface area contributed by atoms with Crippen LogP contribution in [0.15, 0.2) is 34.2 Å². The number of benzene rings is 1. The molecule has 0 radical (unpaired) electrons. The van der Waals surface area contributed by atoms with Crippen molar-refractivity contribution in [3.8, 4) is 0 Å². The Morgan fingerprint density at radius 1 is 1.26 bits per heavy atom. The first-order valence-electron chi connectivity index (χ1n) is 5.17. The molecule has 0 saturated carbocycles. The van der Waals surface area contributed by atoms with E-state index in [0.717, 1.165) is 12.1 Å². The van der Waals surface area contributed by atoms with E-state index in [1.54, 1.807) is 11.6 Å². The Hall–Kier alpha value is -2.09. The fraction of sp³-hybridized carbons (Fsp3) is 0.0909. The van der Waals surface area contributed by atoms with Gasteiger partial charge in [-0.15, -0.1) is 11.3 Å². The third kappa shape index (κ3) is 2.39. The minimum atomic E-state index is -4.39. The maximum Gasteiger partial charge on any atom is 0.416 e. The Morgan fingerprint density at radius 2 is 2.11 bits per heavy atom. The van der Waals surface area contributed by atoms with Crippen molar-refractivity contribution in [3.05, 3.63) is 35.3 Å². The fourth-order valence-electron chi connectivity index (χ4n) is 1.53. The van der Waals surface area contributed by atoms with E-state index in [4.69, 9.17) is 4.42 Å². The second-order valence-electron chi connectivity index (χ2n) is 3.66. The molecular formula is C11H6F3N3OS. The van der Waals surface area contributed by atoms with Crippen LogP contribution in [-0.4, -0.2) is 9.97 Å². The predicted molar refractivity (Wildman–Crippen MR) is 64.4 cm³/mol. The van der Waals surface area contributed by atoms with Gasteiger partial charge < -0.3 is 4.42 Å². The lowest BCUT2D eigenvalue weighted by Gasteiger charge is -2.04.